The lowest BCUT2D eigenvalue weighted by Crippen LogP contribution is -2.31. The Morgan fingerprint density at radius 3 is 2.75 bits per heavy atom. The zero-order chi connectivity index (χ0) is 13.9. The van der Waals surface area contributed by atoms with Gasteiger partial charge in [-0.05, 0) is 23.8 Å². The molecule has 0 saturated carbocycles. The molecule has 1 unspecified atom stereocenters. The summed E-state index contributed by atoms with van der Waals surface area (Å²) in [7, 11) is 0. The summed E-state index contributed by atoms with van der Waals surface area (Å²) in [6, 6.07) is 15.3. The second-order valence-electron chi connectivity index (χ2n) is 4.38. The van der Waals surface area contributed by atoms with E-state index in [1.54, 1.807) is 0 Å². The van der Waals surface area contributed by atoms with E-state index in [-0.39, 0.29) is 6.04 Å². The van der Waals surface area contributed by atoms with Gasteiger partial charge in [0.1, 0.15) is 6.04 Å². The third-order valence-corrected chi connectivity index (χ3v) is 3.34. The van der Waals surface area contributed by atoms with Crippen molar-refractivity contribution in [1.82, 2.24) is 5.32 Å². The van der Waals surface area contributed by atoms with Gasteiger partial charge in [0.15, 0.2) is 6.19 Å². The molecule has 20 heavy (non-hydrogen) atoms. The average molecular weight is 283 g/mol. The number of benzene rings is 2. The lowest BCUT2D eigenvalue weighted by Gasteiger charge is -2.24. The fourth-order valence-corrected chi connectivity index (χ4v) is 2.42. The highest BCUT2D eigenvalue weighted by Gasteiger charge is 2.23. The molecule has 4 nitrogen and oxygen atoms in total. The molecule has 1 aliphatic heterocycles. The molecular formula is C15H11ClN4. The van der Waals surface area contributed by atoms with E-state index in [4.69, 9.17) is 16.9 Å². The SMILES string of the molecule is N#CNC1=NC(c2ccccc2)c2cc(Cl)ccc2N1. The smallest absolute Gasteiger partial charge is 0.210 e. The number of nitrogens with one attached hydrogen (secondary N) is 2. The monoisotopic (exact) mass is 282 g/mol. The van der Waals surface area contributed by atoms with E-state index < -0.39 is 0 Å². The number of nitrogens with zero attached hydrogens (tertiary/aromatic N) is 2. The predicted molar refractivity (Wildman–Crippen MR) is 79.5 cm³/mol. The van der Waals surface area contributed by atoms with E-state index in [2.05, 4.69) is 15.6 Å². The Morgan fingerprint density at radius 2 is 2.00 bits per heavy atom. The van der Waals surface area contributed by atoms with E-state index in [1.165, 1.54) is 0 Å². The first-order valence-corrected chi connectivity index (χ1v) is 6.50. The number of hydrogen-bond donors (Lipinski definition) is 2. The molecule has 2 aromatic rings. The van der Waals surface area contributed by atoms with Gasteiger partial charge in [0.05, 0.1) is 0 Å². The van der Waals surface area contributed by atoms with E-state index in [1.807, 2.05) is 54.7 Å². The Morgan fingerprint density at radius 1 is 1.20 bits per heavy atom. The number of nitriles is 1. The Labute approximate surface area is 121 Å². The summed E-state index contributed by atoms with van der Waals surface area (Å²) in [5.74, 6) is 0.441. The highest BCUT2D eigenvalue weighted by atomic mass is 35.5. The van der Waals surface area contributed by atoms with Crippen LogP contribution in [0.25, 0.3) is 0 Å². The van der Waals surface area contributed by atoms with Crippen LogP contribution in [0, 0.1) is 11.5 Å². The molecule has 2 N–H and O–H groups in total. The van der Waals surface area contributed by atoms with Crippen molar-refractivity contribution >= 4 is 23.2 Å². The van der Waals surface area contributed by atoms with Crippen LogP contribution in [0.4, 0.5) is 5.69 Å². The molecule has 5 heteroatoms. The van der Waals surface area contributed by atoms with Gasteiger partial charge in [0.2, 0.25) is 5.96 Å². The third kappa shape index (κ3) is 2.31. The summed E-state index contributed by atoms with van der Waals surface area (Å²) >= 11 is 6.08. The maximum atomic E-state index is 8.76. The molecule has 2 aromatic carbocycles. The minimum absolute atomic E-state index is 0.179. The fraction of sp³-hybridized carbons (Fsp3) is 0.0667. The summed E-state index contributed by atoms with van der Waals surface area (Å²) in [6.07, 6.45) is 1.88. The number of anilines is 1. The van der Waals surface area contributed by atoms with Crippen molar-refractivity contribution in [2.75, 3.05) is 5.32 Å². The summed E-state index contributed by atoms with van der Waals surface area (Å²) in [4.78, 5) is 4.54. The van der Waals surface area contributed by atoms with Crippen molar-refractivity contribution in [2.24, 2.45) is 4.99 Å². The van der Waals surface area contributed by atoms with Gasteiger partial charge < -0.3 is 5.32 Å². The molecule has 0 spiro atoms. The van der Waals surface area contributed by atoms with Crippen LogP contribution in [-0.4, -0.2) is 5.96 Å². The van der Waals surface area contributed by atoms with Gasteiger partial charge in [-0.15, -0.1) is 0 Å². The van der Waals surface area contributed by atoms with Crippen molar-refractivity contribution in [2.45, 2.75) is 6.04 Å². The summed E-state index contributed by atoms with van der Waals surface area (Å²) in [6.45, 7) is 0. The summed E-state index contributed by atoms with van der Waals surface area (Å²) in [5, 5.41) is 15.1. The predicted octanol–water partition coefficient (Wildman–Crippen LogP) is 3.28. The van der Waals surface area contributed by atoms with Crippen LogP contribution >= 0.6 is 11.6 Å². The Bertz CT molecular complexity index is 704. The number of rotatable bonds is 1. The second kappa shape index (κ2) is 5.24. The zero-order valence-electron chi connectivity index (χ0n) is 10.5. The normalized spacial score (nSPS) is 16.4. The molecule has 0 saturated heterocycles. The first kappa shape index (κ1) is 12.5. The largest absolute Gasteiger partial charge is 0.325 e. The minimum Gasteiger partial charge on any atom is -0.325 e. The van der Waals surface area contributed by atoms with Crippen LogP contribution in [0.1, 0.15) is 17.2 Å². The molecule has 0 aliphatic carbocycles. The second-order valence-corrected chi connectivity index (χ2v) is 4.82. The van der Waals surface area contributed by atoms with Crippen LogP contribution in [0.3, 0.4) is 0 Å². The number of fused-ring (bicyclic) bond motifs is 1. The molecule has 1 aliphatic rings. The Balaban J connectivity index is 2.11. The molecule has 1 heterocycles. The highest BCUT2D eigenvalue weighted by Crippen LogP contribution is 2.36. The van der Waals surface area contributed by atoms with Crippen molar-refractivity contribution < 1.29 is 0 Å². The number of guanidine groups is 1. The first-order chi connectivity index (χ1) is 9.78. The highest BCUT2D eigenvalue weighted by molar-refractivity contribution is 6.30. The van der Waals surface area contributed by atoms with Crippen molar-refractivity contribution in [3.63, 3.8) is 0 Å². The number of aliphatic imine (C=N–C) groups is 1. The molecule has 0 fully saturated rings. The van der Waals surface area contributed by atoms with Crippen LogP contribution in [0.15, 0.2) is 53.5 Å². The fourth-order valence-electron chi connectivity index (χ4n) is 2.24. The van der Waals surface area contributed by atoms with Crippen molar-refractivity contribution in [1.29, 1.82) is 5.26 Å². The van der Waals surface area contributed by atoms with Crippen LogP contribution < -0.4 is 10.6 Å². The Kier molecular flexibility index (Phi) is 3.28. The minimum atomic E-state index is -0.179. The standard InChI is InChI=1S/C15H11ClN4/c16-11-6-7-13-12(8-11)14(10-4-2-1-3-5-10)20-15(19-13)18-9-17/h1-8,14H,(H2,18,19,20). The maximum absolute atomic E-state index is 8.76. The molecule has 0 amide bonds. The Hall–Kier alpha value is -2.51. The zero-order valence-corrected chi connectivity index (χ0v) is 11.2. The molecular weight excluding hydrogens is 272 g/mol. The van der Waals surface area contributed by atoms with Crippen LogP contribution in [0.5, 0.6) is 0 Å². The quantitative estimate of drug-likeness (QED) is 0.623. The van der Waals surface area contributed by atoms with E-state index in [0.29, 0.717) is 11.0 Å². The number of halogens is 1. The molecule has 98 valence electrons. The van der Waals surface area contributed by atoms with Gasteiger partial charge in [-0.2, -0.15) is 5.26 Å². The average Bonchev–Trinajstić information content (AvgIpc) is 2.48. The summed E-state index contributed by atoms with van der Waals surface area (Å²) in [5.41, 5.74) is 2.94. The van der Waals surface area contributed by atoms with E-state index in [9.17, 15) is 0 Å². The van der Waals surface area contributed by atoms with Gasteiger partial charge in [-0.25, -0.2) is 4.99 Å². The van der Waals surface area contributed by atoms with E-state index >= 15 is 0 Å². The lowest BCUT2D eigenvalue weighted by molar-refractivity contribution is 0.852. The van der Waals surface area contributed by atoms with E-state index in [0.717, 1.165) is 16.8 Å². The molecule has 0 aromatic heterocycles. The van der Waals surface area contributed by atoms with Crippen molar-refractivity contribution in [3.8, 4) is 6.19 Å². The van der Waals surface area contributed by atoms with Crippen molar-refractivity contribution in [3.05, 3.63) is 64.7 Å². The van der Waals surface area contributed by atoms with Gasteiger partial charge in [0, 0.05) is 16.3 Å². The first-order valence-electron chi connectivity index (χ1n) is 6.12. The topological polar surface area (TPSA) is 60.2 Å². The molecule has 3 rings (SSSR count). The third-order valence-electron chi connectivity index (χ3n) is 3.11. The van der Waals surface area contributed by atoms with Gasteiger partial charge in [0.25, 0.3) is 0 Å². The summed E-state index contributed by atoms with van der Waals surface area (Å²) < 4.78 is 0. The van der Waals surface area contributed by atoms with Gasteiger partial charge >= 0.3 is 0 Å². The lowest BCUT2D eigenvalue weighted by atomic mass is 9.96. The van der Waals surface area contributed by atoms with Gasteiger partial charge in [-0.1, -0.05) is 41.9 Å². The molecule has 1 atom stereocenters. The molecule has 0 bridgehead atoms. The molecule has 0 radical (unpaired) electrons. The van der Waals surface area contributed by atoms with Crippen LogP contribution in [0.2, 0.25) is 5.02 Å². The van der Waals surface area contributed by atoms with Crippen LogP contribution in [-0.2, 0) is 0 Å². The maximum Gasteiger partial charge on any atom is 0.210 e. The van der Waals surface area contributed by atoms with Gasteiger partial charge in [-0.3, -0.25) is 5.32 Å². The number of hydrogen-bond acceptors (Lipinski definition) is 4.